The second kappa shape index (κ2) is 8.95. The molecule has 4 heteroatoms. The first-order valence-electron chi connectivity index (χ1n) is 8.72. The highest BCUT2D eigenvalue weighted by Crippen LogP contribution is 2.31. The van der Waals surface area contributed by atoms with Crippen molar-refractivity contribution in [2.24, 2.45) is 5.73 Å². The zero-order valence-electron chi connectivity index (χ0n) is 15.0. The first-order valence-corrected chi connectivity index (χ1v) is 8.72. The van der Waals surface area contributed by atoms with Crippen LogP contribution in [-0.4, -0.2) is 12.1 Å². The molecular weight excluding hydrogens is 320 g/mol. The fourth-order valence-corrected chi connectivity index (χ4v) is 2.63. The molecule has 0 fully saturated rings. The summed E-state index contributed by atoms with van der Waals surface area (Å²) in [5.41, 5.74) is 7.71. The van der Waals surface area contributed by atoms with Crippen LogP contribution in [0.3, 0.4) is 0 Å². The molecule has 0 bridgehead atoms. The van der Waals surface area contributed by atoms with Gasteiger partial charge in [-0.3, -0.25) is 0 Å². The first kappa shape index (κ1) is 19.4. The van der Waals surface area contributed by atoms with Crippen LogP contribution < -0.4 is 10.5 Å². The Morgan fingerprint density at radius 1 is 1.00 bits per heavy atom. The monoisotopic (exact) mass is 347 g/mol. The summed E-state index contributed by atoms with van der Waals surface area (Å²) in [6.45, 7) is 4.29. The second-order valence-electron chi connectivity index (χ2n) is 7.10. The van der Waals surface area contributed by atoms with Crippen LogP contribution in [0.5, 0.6) is 5.75 Å². The van der Waals surface area contributed by atoms with E-state index in [1.807, 2.05) is 38.1 Å². The predicted octanol–water partition coefficient (Wildman–Crippen LogP) is 5.31. The zero-order chi connectivity index (χ0) is 18.3. The number of alkyl halides is 2. The fourth-order valence-electron chi connectivity index (χ4n) is 2.63. The topological polar surface area (TPSA) is 35.2 Å². The van der Waals surface area contributed by atoms with Gasteiger partial charge in [0.15, 0.2) is 0 Å². The van der Waals surface area contributed by atoms with Crippen molar-refractivity contribution in [2.45, 2.75) is 51.5 Å². The van der Waals surface area contributed by atoms with Crippen molar-refractivity contribution < 1.29 is 13.5 Å². The van der Waals surface area contributed by atoms with Crippen LogP contribution in [0.25, 0.3) is 0 Å². The normalized spacial score (nSPS) is 11.8. The van der Waals surface area contributed by atoms with E-state index in [0.717, 1.165) is 24.8 Å². The van der Waals surface area contributed by atoms with Gasteiger partial charge in [0.05, 0.1) is 12.2 Å². The van der Waals surface area contributed by atoms with E-state index in [2.05, 4.69) is 12.1 Å². The van der Waals surface area contributed by atoms with Crippen LogP contribution >= 0.6 is 0 Å². The van der Waals surface area contributed by atoms with E-state index in [9.17, 15) is 8.78 Å². The Kier molecular flexibility index (Phi) is 6.94. The summed E-state index contributed by atoms with van der Waals surface area (Å²) in [6.07, 6.45) is 0.532. The van der Waals surface area contributed by atoms with Gasteiger partial charge in [-0.2, -0.15) is 0 Å². The van der Waals surface area contributed by atoms with E-state index in [1.165, 1.54) is 5.56 Å². The third-order valence-corrected chi connectivity index (χ3v) is 4.08. The average Bonchev–Trinajstić information content (AvgIpc) is 2.57. The van der Waals surface area contributed by atoms with Crippen LogP contribution in [0.2, 0.25) is 0 Å². The smallest absolute Gasteiger partial charge is 0.267 e. The second-order valence-corrected chi connectivity index (χ2v) is 7.10. The summed E-state index contributed by atoms with van der Waals surface area (Å²) in [5.74, 6) is 0.277. The van der Waals surface area contributed by atoms with Crippen LogP contribution in [0.1, 0.15) is 49.8 Å². The minimum Gasteiger partial charge on any atom is -0.493 e. The summed E-state index contributed by atoms with van der Waals surface area (Å²) in [7, 11) is 0. The molecule has 0 aromatic heterocycles. The number of benzene rings is 2. The lowest BCUT2D eigenvalue weighted by molar-refractivity contribution is 0.145. The molecule has 2 N–H and O–H groups in total. The molecule has 2 aromatic carbocycles. The number of ether oxygens (including phenoxy) is 1. The number of halogens is 2. The molecule has 136 valence electrons. The Hall–Kier alpha value is -1.94. The molecule has 0 atom stereocenters. The lowest BCUT2D eigenvalue weighted by Crippen LogP contribution is -2.32. The molecule has 0 aliphatic carbocycles. The molecule has 0 saturated heterocycles. The number of hydrogen-bond acceptors (Lipinski definition) is 2. The van der Waals surface area contributed by atoms with E-state index >= 15 is 0 Å². The number of nitrogens with two attached hydrogens (primary N) is 1. The van der Waals surface area contributed by atoms with Crippen molar-refractivity contribution in [2.75, 3.05) is 6.61 Å². The Morgan fingerprint density at radius 3 is 2.36 bits per heavy atom. The average molecular weight is 347 g/mol. The molecule has 2 aromatic rings. The van der Waals surface area contributed by atoms with Gasteiger partial charge in [-0.25, -0.2) is 8.78 Å². The van der Waals surface area contributed by atoms with Crippen molar-refractivity contribution in [3.63, 3.8) is 0 Å². The number of rotatable bonds is 9. The molecule has 2 rings (SSSR count). The van der Waals surface area contributed by atoms with Crippen molar-refractivity contribution in [3.8, 4) is 5.75 Å². The molecule has 0 heterocycles. The number of hydrogen-bond donors (Lipinski definition) is 1. The molecule has 0 spiro atoms. The highest BCUT2D eigenvalue weighted by molar-refractivity contribution is 5.38. The lowest BCUT2D eigenvalue weighted by Gasteiger charge is -2.19. The van der Waals surface area contributed by atoms with E-state index in [0.29, 0.717) is 13.0 Å². The van der Waals surface area contributed by atoms with Gasteiger partial charge in [0.25, 0.3) is 6.43 Å². The van der Waals surface area contributed by atoms with E-state index in [1.54, 1.807) is 12.1 Å². The van der Waals surface area contributed by atoms with Gasteiger partial charge in [-0.05, 0) is 62.8 Å². The van der Waals surface area contributed by atoms with E-state index < -0.39 is 6.43 Å². The largest absolute Gasteiger partial charge is 0.493 e. The predicted molar refractivity (Wildman–Crippen MR) is 98.2 cm³/mol. The molecule has 2 nitrogen and oxygen atoms in total. The van der Waals surface area contributed by atoms with Crippen molar-refractivity contribution in [1.82, 2.24) is 0 Å². The standard InChI is InChI=1S/C21H27F2NO/c1-21(2,24)13-12-17-10-11-19(18(15-17)20(22)23)25-14-6-9-16-7-4-3-5-8-16/h3-5,7-8,10-11,15,20H,6,9,12-14,24H2,1-2H3. The van der Waals surface area contributed by atoms with Crippen molar-refractivity contribution >= 4 is 0 Å². The van der Waals surface area contributed by atoms with Gasteiger partial charge in [-0.15, -0.1) is 0 Å². The van der Waals surface area contributed by atoms with Gasteiger partial charge in [0.2, 0.25) is 0 Å². The Bertz CT molecular complexity index is 651. The van der Waals surface area contributed by atoms with Gasteiger partial charge in [0, 0.05) is 5.54 Å². The molecule has 0 amide bonds. The highest BCUT2D eigenvalue weighted by atomic mass is 19.3. The van der Waals surface area contributed by atoms with Gasteiger partial charge in [0.1, 0.15) is 5.75 Å². The highest BCUT2D eigenvalue weighted by Gasteiger charge is 2.16. The summed E-state index contributed by atoms with van der Waals surface area (Å²) >= 11 is 0. The molecule has 0 radical (unpaired) electrons. The first-order chi connectivity index (χ1) is 11.8. The zero-order valence-corrected chi connectivity index (χ0v) is 15.0. The van der Waals surface area contributed by atoms with Crippen LogP contribution in [-0.2, 0) is 12.8 Å². The summed E-state index contributed by atoms with van der Waals surface area (Å²) in [6, 6.07) is 15.1. The molecule has 0 aliphatic heterocycles. The maximum atomic E-state index is 13.4. The molecular formula is C21H27F2NO. The molecule has 0 aliphatic rings. The van der Waals surface area contributed by atoms with Crippen molar-refractivity contribution in [1.29, 1.82) is 0 Å². The van der Waals surface area contributed by atoms with Crippen LogP contribution in [0.15, 0.2) is 48.5 Å². The summed E-state index contributed by atoms with van der Waals surface area (Å²) in [4.78, 5) is 0. The van der Waals surface area contributed by atoms with Crippen LogP contribution in [0, 0.1) is 0 Å². The van der Waals surface area contributed by atoms with Crippen molar-refractivity contribution in [3.05, 3.63) is 65.2 Å². The molecule has 25 heavy (non-hydrogen) atoms. The van der Waals surface area contributed by atoms with Gasteiger partial charge in [-0.1, -0.05) is 36.4 Å². The molecule has 0 saturated carbocycles. The third kappa shape index (κ3) is 6.83. The lowest BCUT2D eigenvalue weighted by atomic mass is 9.95. The molecule has 0 unspecified atom stereocenters. The van der Waals surface area contributed by atoms with E-state index in [4.69, 9.17) is 10.5 Å². The minimum absolute atomic E-state index is 0.0351. The van der Waals surface area contributed by atoms with E-state index in [-0.39, 0.29) is 16.9 Å². The maximum absolute atomic E-state index is 13.4. The Labute approximate surface area is 149 Å². The third-order valence-electron chi connectivity index (χ3n) is 4.08. The minimum atomic E-state index is -2.55. The fraction of sp³-hybridized carbons (Fsp3) is 0.429. The van der Waals surface area contributed by atoms with Gasteiger partial charge >= 0.3 is 0 Å². The summed E-state index contributed by atoms with van der Waals surface area (Å²) in [5, 5.41) is 0. The SMILES string of the molecule is CC(C)(N)CCc1ccc(OCCCc2ccccc2)c(C(F)F)c1. The summed E-state index contributed by atoms with van der Waals surface area (Å²) < 4.78 is 32.3. The van der Waals surface area contributed by atoms with Crippen LogP contribution in [0.4, 0.5) is 8.78 Å². The maximum Gasteiger partial charge on any atom is 0.267 e. The Balaban J connectivity index is 1.92. The van der Waals surface area contributed by atoms with Gasteiger partial charge < -0.3 is 10.5 Å². The number of aryl methyl sites for hydroxylation is 2. The quantitative estimate of drug-likeness (QED) is 0.624. The Morgan fingerprint density at radius 2 is 1.72 bits per heavy atom.